The van der Waals surface area contributed by atoms with E-state index < -0.39 is 0 Å². The van der Waals surface area contributed by atoms with Crippen molar-refractivity contribution < 1.29 is 17.1 Å². The minimum atomic E-state index is 0. The third-order valence-corrected chi connectivity index (χ3v) is 1.11. The molecular formula is C10H12FeS. The molecule has 66 valence electrons. The summed E-state index contributed by atoms with van der Waals surface area (Å²) in [5, 5.41) is 0. The van der Waals surface area contributed by atoms with Crippen molar-refractivity contribution in [2.24, 2.45) is 0 Å². The van der Waals surface area contributed by atoms with Gasteiger partial charge in [-0.2, -0.15) is 49.9 Å². The molecule has 0 radical (unpaired) electrons. The standard InChI is InChI=1S/2C5H5.Fe.H2S/c2*1-2-4-5-3-1;;/h2*1-5H;;1H2/q2*-1;+2;. The Morgan fingerprint density at radius 1 is 0.583 bits per heavy atom. The predicted octanol–water partition coefficient (Wildman–Crippen LogP) is 2.92. The summed E-state index contributed by atoms with van der Waals surface area (Å²) < 4.78 is 0. The molecule has 0 aromatic heterocycles. The molecule has 2 aromatic rings. The second-order valence-corrected chi connectivity index (χ2v) is 1.92. The molecule has 0 unspecified atom stereocenters. The molecule has 12 heavy (non-hydrogen) atoms. The third kappa shape index (κ3) is 7.67. The SMILES string of the molecule is S.[Fe+2].c1cc[cH-]c1.c1cc[cH-]c1. The molecule has 0 heterocycles. The van der Waals surface area contributed by atoms with E-state index in [2.05, 4.69) is 0 Å². The van der Waals surface area contributed by atoms with Gasteiger partial charge in [-0.3, -0.25) is 0 Å². The largest absolute Gasteiger partial charge is 2.00 e. The van der Waals surface area contributed by atoms with Crippen LogP contribution in [0.2, 0.25) is 0 Å². The molecule has 2 aromatic carbocycles. The first kappa shape index (κ1) is 14.1. The van der Waals surface area contributed by atoms with Crippen LogP contribution in [-0.4, -0.2) is 0 Å². The van der Waals surface area contributed by atoms with E-state index in [1.165, 1.54) is 0 Å². The zero-order valence-corrected chi connectivity index (χ0v) is 8.73. The van der Waals surface area contributed by atoms with E-state index in [9.17, 15) is 0 Å². The van der Waals surface area contributed by atoms with Crippen LogP contribution in [0.1, 0.15) is 0 Å². The fraction of sp³-hybridized carbons (Fsp3) is 0. The van der Waals surface area contributed by atoms with Gasteiger partial charge < -0.3 is 0 Å². The van der Waals surface area contributed by atoms with Gasteiger partial charge in [-0.1, -0.05) is 0 Å². The van der Waals surface area contributed by atoms with Crippen LogP contribution < -0.4 is 0 Å². The predicted molar refractivity (Wildman–Crippen MR) is 54.5 cm³/mol. The molecule has 0 aliphatic carbocycles. The number of rotatable bonds is 0. The molecule has 0 N–H and O–H groups in total. The summed E-state index contributed by atoms with van der Waals surface area (Å²) in [5.41, 5.74) is 0. The van der Waals surface area contributed by atoms with Gasteiger partial charge >= 0.3 is 17.1 Å². The van der Waals surface area contributed by atoms with Gasteiger partial charge in [0.2, 0.25) is 0 Å². The zero-order chi connectivity index (χ0) is 7.07. The minimum absolute atomic E-state index is 0. The van der Waals surface area contributed by atoms with E-state index in [4.69, 9.17) is 0 Å². The molecule has 0 aliphatic rings. The third-order valence-electron chi connectivity index (χ3n) is 1.11. The summed E-state index contributed by atoms with van der Waals surface area (Å²) >= 11 is 0. The first-order valence-electron chi connectivity index (χ1n) is 3.33. The van der Waals surface area contributed by atoms with E-state index in [0.29, 0.717) is 0 Å². The average Bonchev–Trinajstić information content (AvgIpc) is 2.67. The summed E-state index contributed by atoms with van der Waals surface area (Å²) in [7, 11) is 0. The van der Waals surface area contributed by atoms with Crippen molar-refractivity contribution >= 4 is 13.5 Å². The molecule has 0 bridgehead atoms. The Labute approximate surface area is 91.3 Å². The van der Waals surface area contributed by atoms with Crippen LogP contribution in [0, 0.1) is 0 Å². The van der Waals surface area contributed by atoms with Gasteiger partial charge in [0, 0.05) is 0 Å². The molecular weight excluding hydrogens is 208 g/mol. The molecule has 0 saturated carbocycles. The van der Waals surface area contributed by atoms with Crippen molar-refractivity contribution in [1.29, 1.82) is 0 Å². The molecule has 0 saturated heterocycles. The second-order valence-electron chi connectivity index (χ2n) is 1.92. The van der Waals surface area contributed by atoms with Gasteiger partial charge in [0.25, 0.3) is 0 Å². The Bertz CT molecular complexity index is 149. The minimum Gasteiger partial charge on any atom is -0.214 e. The van der Waals surface area contributed by atoms with Crippen molar-refractivity contribution in [3.8, 4) is 0 Å². The Kier molecular flexibility index (Phi) is 12.4. The number of hydrogen-bond acceptors (Lipinski definition) is 0. The fourth-order valence-electron chi connectivity index (χ4n) is 0.642. The summed E-state index contributed by atoms with van der Waals surface area (Å²) in [6.45, 7) is 0. The van der Waals surface area contributed by atoms with Crippen molar-refractivity contribution in [1.82, 2.24) is 0 Å². The van der Waals surface area contributed by atoms with Crippen molar-refractivity contribution in [2.45, 2.75) is 0 Å². The maximum absolute atomic E-state index is 2.00. The van der Waals surface area contributed by atoms with Crippen LogP contribution in [-0.2, 0) is 17.1 Å². The van der Waals surface area contributed by atoms with E-state index in [-0.39, 0.29) is 30.6 Å². The quantitative estimate of drug-likeness (QED) is 0.473. The molecule has 0 spiro atoms. The van der Waals surface area contributed by atoms with Crippen molar-refractivity contribution in [2.75, 3.05) is 0 Å². The maximum Gasteiger partial charge on any atom is 2.00 e. The topological polar surface area (TPSA) is 0 Å². The summed E-state index contributed by atoms with van der Waals surface area (Å²) in [5.74, 6) is 0. The van der Waals surface area contributed by atoms with Gasteiger partial charge in [-0.25, -0.2) is 24.3 Å². The van der Waals surface area contributed by atoms with E-state index >= 15 is 0 Å². The van der Waals surface area contributed by atoms with Crippen LogP contribution in [0.5, 0.6) is 0 Å². The van der Waals surface area contributed by atoms with Crippen LogP contribution >= 0.6 is 13.5 Å². The van der Waals surface area contributed by atoms with Crippen molar-refractivity contribution in [3.63, 3.8) is 0 Å². The van der Waals surface area contributed by atoms with Crippen molar-refractivity contribution in [3.05, 3.63) is 60.7 Å². The first-order chi connectivity index (χ1) is 5.00. The van der Waals surface area contributed by atoms with Gasteiger partial charge in [0.05, 0.1) is 0 Å². The summed E-state index contributed by atoms with van der Waals surface area (Å²) in [4.78, 5) is 0. The summed E-state index contributed by atoms with van der Waals surface area (Å²) in [6, 6.07) is 20.0. The zero-order valence-electron chi connectivity index (χ0n) is 6.63. The van der Waals surface area contributed by atoms with Crippen LogP contribution in [0.4, 0.5) is 0 Å². The number of hydrogen-bond donors (Lipinski definition) is 0. The molecule has 2 rings (SSSR count). The van der Waals surface area contributed by atoms with Gasteiger partial charge in [-0.15, -0.1) is 0 Å². The van der Waals surface area contributed by atoms with Gasteiger partial charge in [-0.05, 0) is 0 Å². The molecule has 0 aliphatic heterocycles. The smallest absolute Gasteiger partial charge is 0.214 e. The molecule has 2 heteroatoms. The van der Waals surface area contributed by atoms with Crippen LogP contribution in [0.15, 0.2) is 60.7 Å². The maximum atomic E-state index is 2.00. The molecule has 0 fully saturated rings. The van der Waals surface area contributed by atoms with Crippen LogP contribution in [0.25, 0.3) is 0 Å². The normalized spacial score (nSPS) is 6.67. The Balaban J connectivity index is 0. The van der Waals surface area contributed by atoms with E-state index in [0.717, 1.165) is 0 Å². The summed E-state index contributed by atoms with van der Waals surface area (Å²) in [6.07, 6.45) is 0. The molecule has 0 amide bonds. The molecule has 0 atom stereocenters. The van der Waals surface area contributed by atoms with Gasteiger partial charge in [0.1, 0.15) is 0 Å². The van der Waals surface area contributed by atoms with E-state index in [1.807, 2.05) is 60.7 Å². The van der Waals surface area contributed by atoms with Crippen LogP contribution in [0.3, 0.4) is 0 Å². The Morgan fingerprint density at radius 2 is 0.833 bits per heavy atom. The average molecular weight is 220 g/mol. The Hall–Kier alpha value is -0.431. The monoisotopic (exact) mass is 220 g/mol. The fourth-order valence-corrected chi connectivity index (χ4v) is 0.642. The molecule has 0 nitrogen and oxygen atoms in total. The van der Waals surface area contributed by atoms with E-state index in [1.54, 1.807) is 0 Å². The van der Waals surface area contributed by atoms with Gasteiger partial charge in [0.15, 0.2) is 0 Å². The Morgan fingerprint density at radius 3 is 0.917 bits per heavy atom. The second kappa shape index (κ2) is 10.6. The first-order valence-corrected chi connectivity index (χ1v) is 3.33.